The molecule has 1 N–H and O–H groups in total. The molecule has 1 aliphatic rings. The predicted octanol–water partition coefficient (Wildman–Crippen LogP) is 3.25. The number of nitrogens with one attached hydrogen (secondary N) is 1. The minimum Gasteiger partial charge on any atom is -0.493 e. The van der Waals surface area contributed by atoms with Gasteiger partial charge in [0.25, 0.3) is 0 Å². The number of ether oxygens (including phenoxy) is 3. The van der Waals surface area contributed by atoms with Gasteiger partial charge in [0.15, 0.2) is 11.5 Å². The van der Waals surface area contributed by atoms with Crippen molar-refractivity contribution in [2.24, 2.45) is 0 Å². The van der Waals surface area contributed by atoms with Gasteiger partial charge in [-0.1, -0.05) is 0 Å². The average molecular weight is 335 g/mol. The van der Waals surface area contributed by atoms with Gasteiger partial charge in [0.2, 0.25) is 5.91 Å². The van der Waals surface area contributed by atoms with Crippen LogP contribution in [0.1, 0.15) is 51.5 Å². The summed E-state index contributed by atoms with van der Waals surface area (Å²) in [5.41, 5.74) is 0.990. The Morgan fingerprint density at radius 3 is 2.42 bits per heavy atom. The van der Waals surface area contributed by atoms with Crippen LogP contribution in [0.15, 0.2) is 12.1 Å². The monoisotopic (exact) mass is 335 g/mol. The van der Waals surface area contributed by atoms with Crippen molar-refractivity contribution in [3.63, 3.8) is 0 Å². The molecule has 0 aliphatic carbocycles. The minimum atomic E-state index is -0.531. The lowest BCUT2D eigenvalue weighted by Gasteiger charge is -2.23. The van der Waals surface area contributed by atoms with Crippen molar-refractivity contribution in [2.45, 2.75) is 51.6 Å². The number of hydrogen-bond acceptors (Lipinski definition) is 5. The highest BCUT2D eigenvalue weighted by Gasteiger charge is 2.28. The molecule has 0 spiro atoms. The normalized spacial score (nSPS) is 17.4. The summed E-state index contributed by atoms with van der Waals surface area (Å²) < 4.78 is 16.1. The van der Waals surface area contributed by atoms with E-state index in [4.69, 9.17) is 14.2 Å². The zero-order valence-electron chi connectivity index (χ0n) is 14.9. The summed E-state index contributed by atoms with van der Waals surface area (Å²) >= 11 is 0. The molecule has 1 aromatic rings. The van der Waals surface area contributed by atoms with Crippen molar-refractivity contribution in [1.82, 2.24) is 0 Å². The summed E-state index contributed by atoms with van der Waals surface area (Å²) in [7, 11) is 3.10. The lowest BCUT2D eigenvalue weighted by molar-refractivity contribution is -0.155. The Hall–Kier alpha value is -2.24. The molecule has 0 aromatic heterocycles. The van der Waals surface area contributed by atoms with Crippen LogP contribution in [0.3, 0.4) is 0 Å². The summed E-state index contributed by atoms with van der Waals surface area (Å²) in [6.07, 6.45) is 1.15. The van der Waals surface area contributed by atoms with E-state index in [0.29, 0.717) is 30.0 Å². The van der Waals surface area contributed by atoms with Crippen LogP contribution in [0.5, 0.6) is 11.5 Å². The van der Waals surface area contributed by atoms with Gasteiger partial charge in [-0.3, -0.25) is 9.59 Å². The quantitative estimate of drug-likeness (QED) is 0.855. The Balaban J connectivity index is 2.34. The number of carbonyl (C=O) groups excluding carboxylic acids is 2. The Morgan fingerprint density at radius 1 is 1.21 bits per heavy atom. The molecule has 6 nitrogen and oxygen atoms in total. The van der Waals surface area contributed by atoms with Crippen molar-refractivity contribution in [2.75, 3.05) is 19.5 Å². The molecular formula is C18H25NO5. The smallest absolute Gasteiger partial charge is 0.306 e. The van der Waals surface area contributed by atoms with Crippen LogP contribution >= 0.6 is 0 Å². The van der Waals surface area contributed by atoms with Crippen LogP contribution in [0.25, 0.3) is 0 Å². The number of fused-ring (bicyclic) bond motifs is 1. The zero-order chi connectivity index (χ0) is 17.9. The van der Waals surface area contributed by atoms with Crippen LogP contribution in [0, 0.1) is 0 Å². The van der Waals surface area contributed by atoms with Crippen molar-refractivity contribution < 1.29 is 23.8 Å². The highest BCUT2D eigenvalue weighted by Crippen LogP contribution is 2.41. The second-order valence-corrected chi connectivity index (χ2v) is 6.87. The summed E-state index contributed by atoms with van der Waals surface area (Å²) in [6, 6.07) is 3.56. The second-order valence-electron chi connectivity index (χ2n) is 6.87. The summed E-state index contributed by atoms with van der Waals surface area (Å²) in [5, 5.41) is 2.87. The molecule has 1 heterocycles. The first-order valence-corrected chi connectivity index (χ1v) is 8.01. The first-order valence-electron chi connectivity index (χ1n) is 8.01. The van der Waals surface area contributed by atoms with E-state index in [1.807, 2.05) is 26.8 Å². The van der Waals surface area contributed by atoms with Gasteiger partial charge in [-0.25, -0.2) is 0 Å². The third kappa shape index (κ3) is 4.40. The van der Waals surface area contributed by atoms with E-state index in [1.54, 1.807) is 20.3 Å². The van der Waals surface area contributed by atoms with E-state index in [2.05, 4.69) is 5.32 Å². The molecule has 2 rings (SSSR count). The van der Waals surface area contributed by atoms with Gasteiger partial charge in [-0.15, -0.1) is 0 Å². The van der Waals surface area contributed by atoms with Crippen molar-refractivity contribution in [3.05, 3.63) is 17.7 Å². The van der Waals surface area contributed by atoms with Gasteiger partial charge in [-0.2, -0.15) is 0 Å². The molecule has 1 aliphatic heterocycles. The molecule has 0 fully saturated rings. The Kier molecular flexibility index (Phi) is 5.36. The third-order valence-corrected chi connectivity index (χ3v) is 3.82. The lowest BCUT2D eigenvalue weighted by atomic mass is 9.90. The fraction of sp³-hybridized carbons (Fsp3) is 0.556. The van der Waals surface area contributed by atoms with Crippen LogP contribution < -0.4 is 14.8 Å². The lowest BCUT2D eigenvalue weighted by Crippen LogP contribution is -2.25. The molecular weight excluding hydrogens is 310 g/mol. The topological polar surface area (TPSA) is 73.9 Å². The molecule has 0 radical (unpaired) electrons. The minimum absolute atomic E-state index is 0.0739. The van der Waals surface area contributed by atoms with E-state index in [1.165, 1.54) is 0 Å². The number of methoxy groups -OCH3 is 2. The van der Waals surface area contributed by atoms with Crippen molar-refractivity contribution in [1.29, 1.82) is 0 Å². The van der Waals surface area contributed by atoms with Gasteiger partial charge >= 0.3 is 5.97 Å². The predicted molar refractivity (Wildman–Crippen MR) is 90.6 cm³/mol. The summed E-state index contributed by atoms with van der Waals surface area (Å²) in [5.74, 6) is 0.641. The summed E-state index contributed by atoms with van der Waals surface area (Å²) in [4.78, 5) is 24.2. The molecule has 1 amide bonds. The van der Waals surface area contributed by atoms with Crippen molar-refractivity contribution >= 4 is 17.6 Å². The molecule has 1 aromatic carbocycles. The number of hydrogen-bond donors (Lipinski definition) is 1. The van der Waals surface area contributed by atoms with Gasteiger partial charge < -0.3 is 19.5 Å². The third-order valence-electron chi connectivity index (χ3n) is 3.82. The Labute approximate surface area is 142 Å². The molecule has 6 heteroatoms. The molecule has 1 atom stereocenters. The molecule has 0 bridgehead atoms. The fourth-order valence-corrected chi connectivity index (χ4v) is 2.81. The zero-order valence-corrected chi connectivity index (χ0v) is 14.9. The van der Waals surface area contributed by atoms with Crippen LogP contribution in [-0.2, 0) is 14.3 Å². The average Bonchev–Trinajstić information content (AvgIpc) is 2.63. The number of anilines is 1. The fourth-order valence-electron chi connectivity index (χ4n) is 2.81. The maximum absolute atomic E-state index is 12.2. The van der Waals surface area contributed by atoms with Gasteiger partial charge in [0.1, 0.15) is 5.60 Å². The number of rotatable bonds is 4. The maximum Gasteiger partial charge on any atom is 0.306 e. The Bertz CT molecular complexity index is 633. The molecule has 24 heavy (non-hydrogen) atoms. The van der Waals surface area contributed by atoms with Gasteiger partial charge in [0, 0.05) is 18.2 Å². The Morgan fingerprint density at radius 2 is 1.83 bits per heavy atom. The highest BCUT2D eigenvalue weighted by molar-refractivity contribution is 5.93. The van der Waals surface area contributed by atoms with E-state index >= 15 is 0 Å². The SMILES string of the molecule is COc1cc2c(cc1OC)C(CC(=O)OC(C)(C)C)CCC(=O)N2. The first-order chi connectivity index (χ1) is 11.2. The second kappa shape index (κ2) is 7.11. The van der Waals surface area contributed by atoms with Crippen LogP contribution in [0.2, 0.25) is 0 Å². The van der Waals surface area contributed by atoms with E-state index in [0.717, 1.165) is 5.56 Å². The molecule has 0 saturated heterocycles. The van der Waals surface area contributed by atoms with E-state index in [9.17, 15) is 9.59 Å². The van der Waals surface area contributed by atoms with Gasteiger partial charge in [-0.05, 0) is 44.7 Å². The van der Waals surface area contributed by atoms with Gasteiger partial charge in [0.05, 0.1) is 20.6 Å². The standard InChI is InChI=1S/C18H25NO5/c1-18(2,3)24-17(21)8-11-6-7-16(20)19-13-10-15(23-5)14(22-4)9-12(11)13/h9-11H,6-8H2,1-5H3,(H,19,20). The molecule has 1 unspecified atom stereocenters. The van der Waals surface area contributed by atoms with E-state index in [-0.39, 0.29) is 24.2 Å². The first kappa shape index (κ1) is 18.1. The largest absolute Gasteiger partial charge is 0.493 e. The molecule has 0 saturated carbocycles. The molecule has 132 valence electrons. The number of carbonyl (C=O) groups is 2. The van der Waals surface area contributed by atoms with E-state index < -0.39 is 5.60 Å². The van der Waals surface area contributed by atoms with Crippen molar-refractivity contribution in [3.8, 4) is 11.5 Å². The van der Waals surface area contributed by atoms with Crippen LogP contribution in [-0.4, -0.2) is 31.7 Å². The number of esters is 1. The highest BCUT2D eigenvalue weighted by atomic mass is 16.6. The number of amides is 1. The van der Waals surface area contributed by atoms with Crippen LogP contribution in [0.4, 0.5) is 5.69 Å². The maximum atomic E-state index is 12.2. The number of benzene rings is 1. The summed E-state index contributed by atoms with van der Waals surface area (Å²) in [6.45, 7) is 5.51.